The van der Waals surface area contributed by atoms with Crippen molar-refractivity contribution in [2.75, 3.05) is 39.1 Å². The third-order valence-corrected chi connectivity index (χ3v) is 8.13. The molecule has 1 aromatic carbocycles. The van der Waals surface area contributed by atoms with Crippen LogP contribution in [0.1, 0.15) is 28.9 Å². The first kappa shape index (κ1) is 23.5. The van der Waals surface area contributed by atoms with Gasteiger partial charge in [0.2, 0.25) is 15.9 Å². The monoisotopic (exact) mass is 485 g/mol. The fraction of sp³-hybridized carbons (Fsp3) is 0.400. The number of amides is 2. The van der Waals surface area contributed by atoms with Gasteiger partial charge in [-0.2, -0.15) is 4.31 Å². The second-order valence-electron chi connectivity index (χ2n) is 7.13. The first-order valence-corrected chi connectivity index (χ1v) is 12.4. The van der Waals surface area contributed by atoms with Crippen molar-refractivity contribution in [3.8, 4) is 5.75 Å². The summed E-state index contributed by atoms with van der Waals surface area (Å²) in [6.07, 6.45) is 2.61. The van der Waals surface area contributed by atoms with Crippen LogP contribution in [0.25, 0.3) is 0 Å². The number of methoxy groups -OCH3 is 1. The maximum Gasteiger partial charge on any atom is 0.265 e. The molecule has 168 valence electrons. The summed E-state index contributed by atoms with van der Waals surface area (Å²) < 4.78 is 32.7. The highest BCUT2D eigenvalue weighted by Gasteiger charge is 2.32. The van der Waals surface area contributed by atoms with E-state index in [1.54, 1.807) is 23.6 Å². The number of rotatable bonds is 7. The molecule has 1 N–H and O–H groups in total. The highest BCUT2D eigenvalue weighted by Crippen LogP contribution is 2.29. The summed E-state index contributed by atoms with van der Waals surface area (Å²) >= 11 is 7.02. The smallest absolute Gasteiger partial charge is 0.265 e. The molecule has 1 fully saturated rings. The third kappa shape index (κ3) is 5.38. The van der Waals surface area contributed by atoms with Crippen LogP contribution < -0.4 is 10.1 Å². The standard InChI is InChI=1S/C20H24ClN3O5S2/c1-23(13-18(25)22-15-12-14(21)6-7-16(15)29-2)20(26)19-17(8-11-30-19)31(27,28)24-9-4-3-5-10-24/h6-8,11-12H,3-5,9-10,13H2,1-2H3,(H,22,25). The van der Waals surface area contributed by atoms with Gasteiger partial charge in [-0.05, 0) is 42.5 Å². The first-order valence-electron chi connectivity index (χ1n) is 9.70. The van der Waals surface area contributed by atoms with E-state index in [9.17, 15) is 18.0 Å². The van der Waals surface area contributed by atoms with Gasteiger partial charge in [-0.3, -0.25) is 9.59 Å². The number of likely N-dealkylation sites (N-methyl/N-ethyl adjacent to an activating group) is 1. The number of nitrogens with one attached hydrogen (secondary N) is 1. The van der Waals surface area contributed by atoms with Crippen LogP contribution in [0, 0.1) is 0 Å². The lowest BCUT2D eigenvalue weighted by atomic mass is 10.2. The molecule has 31 heavy (non-hydrogen) atoms. The van der Waals surface area contributed by atoms with Gasteiger partial charge >= 0.3 is 0 Å². The number of hydrogen-bond acceptors (Lipinski definition) is 6. The molecule has 1 saturated heterocycles. The molecule has 1 aromatic heterocycles. The molecule has 0 bridgehead atoms. The van der Waals surface area contributed by atoms with Gasteiger partial charge in [0.1, 0.15) is 15.5 Å². The van der Waals surface area contributed by atoms with E-state index in [1.165, 1.54) is 29.4 Å². The molecule has 0 radical (unpaired) electrons. The highest BCUT2D eigenvalue weighted by molar-refractivity contribution is 7.89. The number of nitrogens with zero attached hydrogens (tertiary/aromatic N) is 2. The number of hydrogen-bond donors (Lipinski definition) is 1. The van der Waals surface area contributed by atoms with E-state index in [2.05, 4.69) is 5.32 Å². The van der Waals surface area contributed by atoms with Gasteiger partial charge < -0.3 is 15.0 Å². The van der Waals surface area contributed by atoms with Crippen LogP contribution in [0.5, 0.6) is 5.75 Å². The largest absolute Gasteiger partial charge is 0.495 e. The third-order valence-electron chi connectivity index (χ3n) is 4.92. The van der Waals surface area contributed by atoms with E-state index in [4.69, 9.17) is 16.3 Å². The normalized spacial score (nSPS) is 14.8. The van der Waals surface area contributed by atoms with Gasteiger partial charge in [-0.25, -0.2) is 8.42 Å². The second kappa shape index (κ2) is 9.99. The molecule has 2 amide bonds. The van der Waals surface area contributed by atoms with Crippen molar-refractivity contribution in [1.29, 1.82) is 0 Å². The summed E-state index contributed by atoms with van der Waals surface area (Å²) in [6, 6.07) is 6.25. The Morgan fingerprint density at radius 1 is 1.23 bits per heavy atom. The predicted octanol–water partition coefficient (Wildman–Crippen LogP) is 3.30. The second-order valence-corrected chi connectivity index (χ2v) is 10.4. The number of thiophene rings is 1. The number of piperidine rings is 1. The van der Waals surface area contributed by atoms with Gasteiger partial charge in [0, 0.05) is 25.2 Å². The number of ether oxygens (including phenoxy) is 1. The topological polar surface area (TPSA) is 96.0 Å². The molecule has 2 heterocycles. The average molecular weight is 486 g/mol. The average Bonchev–Trinajstić information content (AvgIpc) is 3.24. The minimum atomic E-state index is -3.75. The Balaban J connectivity index is 1.72. The van der Waals surface area contributed by atoms with Crippen LogP contribution in [-0.2, 0) is 14.8 Å². The fourth-order valence-electron chi connectivity index (χ4n) is 3.33. The number of halogens is 1. The highest BCUT2D eigenvalue weighted by atomic mass is 35.5. The minimum Gasteiger partial charge on any atom is -0.495 e. The van der Waals surface area contributed by atoms with E-state index < -0.39 is 21.8 Å². The van der Waals surface area contributed by atoms with Crippen LogP contribution in [0.4, 0.5) is 5.69 Å². The lowest BCUT2D eigenvalue weighted by molar-refractivity contribution is -0.116. The van der Waals surface area contributed by atoms with Gasteiger partial charge in [0.05, 0.1) is 19.3 Å². The molecule has 3 rings (SSSR count). The van der Waals surface area contributed by atoms with Crippen molar-refractivity contribution in [2.45, 2.75) is 24.2 Å². The van der Waals surface area contributed by atoms with Crippen LogP contribution in [0.15, 0.2) is 34.5 Å². The van der Waals surface area contributed by atoms with Crippen LogP contribution in [-0.4, -0.2) is 63.2 Å². The summed E-state index contributed by atoms with van der Waals surface area (Å²) in [5, 5.41) is 4.67. The zero-order chi connectivity index (χ0) is 22.6. The molecule has 0 spiro atoms. The fourth-order valence-corrected chi connectivity index (χ4v) is 6.41. The molecule has 0 unspecified atom stereocenters. The maximum absolute atomic E-state index is 13.0. The Labute approximate surface area is 190 Å². The Hall–Kier alpha value is -2.14. The minimum absolute atomic E-state index is 0.00633. The van der Waals surface area contributed by atoms with E-state index in [0.717, 1.165) is 30.6 Å². The number of anilines is 1. The zero-order valence-corrected chi connectivity index (χ0v) is 19.6. The Morgan fingerprint density at radius 3 is 2.61 bits per heavy atom. The zero-order valence-electron chi connectivity index (χ0n) is 17.3. The van der Waals surface area contributed by atoms with E-state index in [1.807, 2.05) is 0 Å². The van der Waals surface area contributed by atoms with Crippen molar-refractivity contribution in [3.63, 3.8) is 0 Å². The maximum atomic E-state index is 13.0. The predicted molar refractivity (Wildman–Crippen MR) is 121 cm³/mol. The van der Waals surface area contributed by atoms with Crippen LogP contribution in [0.2, 0.25) is 5.02 Å². The van der Waals surface area contributed by atoms with Crippen molar-refractivity contribution < 1.29 is 22.7 Å². The molecule has 8 nitrogen and oxygen atoms in total. The van der Waals surface area contributed by atoms with E-state index in [0.29, 0.717) is 29.5 Å². The van der Waals surface area contributed by atoms with Crippen molar-refractivity contribution in [3.05, 3.63) is 39.5 Å². The SMILES string of the molecule is COc1ccc(Cl)cc1NC(=O)CN(C)C(=O)c1sccc1S(=O)(=O)N1CCCCC1. The van der Waals surface area contributed by atoms with E-state index >= 15 is 0 Å². The Morgan fingerprint density at radius 2 is 1.94 bits per heavy atom. The molecule has 11 heteroatoms. The van der Waals surface area contributed by atoms with Crippen molar-refractivity contribution in [1.82, 2.24) is 9.21 Å². The first-order chi connectivity index (χ1) is 14.7. The molecular formula is C20H24ClN3O5S2. The summed E-state index contributed by atoms with van der Waals surface area (Å²) in [5.74, 6) is -0.563. The number of benzene rings is 1. The molecule has 0 aliphatic carbocycles. The van der Waals surface area contributed by atoms with Gasteiger partial charge in [-0.15, -0.1) is 11.3 Å². The molecule has 0 saturated carbocycles. The Kier molecular flexibility index (Phi) is 7.58. The molecular weight excluding hydrogens is 462 g/mol. The molecule has 0 atom stereocenters. The summed E-state index contributed by atoms with van der Waals surface area (Å²) in [4.78, 5) is 26.7. The van der Waals surface area contributed by atoms with Crippen molar-refractivity contribution in [2.24, 2.45) is 0 Å². The summed E-state index contributed by atoms with van der Waals surface area (Å²) in [5.41, 5.74) is 0.380. The van der Waals surface area contributed by atoms with Crippen LogP contribution in [0.3, 0.4) is 0 Å². The quantitative estimate of drug-likeness (QED) is 0.649. The molecule has 2 aromatic rings. The number of carbonyl (C=O) groups excluding carboxylic acids is 2. The lowest BCUT2D eigenvalue weighted by Gasteiger charge is -2.26. The van der Waals surface area contributed by atoms with Gasteiger partial charge in [-0.1, -0.05) is 18.0 Å². The van der Waals surface area contributed by atoms with Crippen molar-refractivity contribution >= 4 is 50.5 Å². The van der Waals surface area contributed by atoms with Gasteiger partial charge in [0.15, 0.2) is 0 Å². The molecule has 1 aliphatic rings. The number of carbonyl (C=O) groups is 2. The van der Waals surface area contributed by atoms with Crippen LogP contribution >= 0.6 is 22.9 Å². The lowest BCUT2D eigenvalue weighted by Crippen LogP contribution is -2.38. The number of sulfonamides is 1. The summed E-state index contributed by atoms with van der Waals surface area (Å²) in [6.45, 7) is 0.632. The Bertz CT molecular complexity index is 1060. The molecule has 1 aliphatic heterocycles. The summed E-state index contributed by atoms with van der Waals surface area (Å²) in [7, 11) is -0.834. The van der Waals surface area contributed by atoms with Gasteiger partial charge in [0.25, 0.3) is 5.91 Å². The van der Waals surface area contributed by atoms with E-state index in [-0.39, 0.29) is 16.3 Å².